The van der Waals surface area contributed by atoms with Crippen molar-refractivity contribution in [3.8, 4) is 6.07 Å². The lowest BCUT2D eigenvalue weighted by Crippen LogP contribution is -2.30. The third-order valence-electron chi connectivity index (χ3n) is 3.55. The average molecular weight is 357 g/mol. The number of hydrogen-bond acceptors (Lipinski definition) is 4. The molecule has 0 saturated carbocycles. The molecule has 25 heavy (non-hydrogen) atoms. The van der Waals surface area contributed by atoms with Crippen molar-refractivity contribution in [3.63, 3.8) is 0 Å². The Kier molecular flexibility index (Phi) is 5.78. The van der Waals surface area contributed by atoms with E-state index in [1.165, 1.54) is 29.2 Å². The first-order valence-electron chi connectivity index (χ1n) is 7.66. The lowest BCUT2D eigenvalue weighted by molar-refractivity contribution is 0.0785. The van der Waals surface area contributed by atoms with Crippen LogP contribution in [0.1, 0.15) is 17.3 Å². The Hall–Kier alpha value is -2.85. The summed E-state index contributed by atoms with van der Waals surface area (Å²) in [5.74, 6) is -0.481. The Morgan fingerprint density at radius 1 is 1.16 bits per heavy atom. The molecule has 0 aliphatic carbocycles. The third kappa shape index (κ3) is 4.81. The fourth-order valence-corrected chi connectivity index (χ4v) is 3.33. The summed E-state index contributed by atoms with van der Waals surface area (Å²) in [6.45, 7) is 2.07. The van der Waals surface area contributed by atoms with Crippen molar-refractivity contribution in [1.29, 1.82) is 5.26 Å². The maximum Gasteiger partial charge on any atom is 0.261 e. The van der Waals surface area contributed by atoms with E-state index >= 15 is 0 Å². The highest BCUT2D eigenvalue weighted by molar-refractivity contribution is 7.92. The molecular weight excluding hydrogens is 338 g/mol. The van der Waals surface area contributed by atoms with Crippen LogP contribution in [0.2, 0.25) is 0 Å². The molecule has 7 heteroatoms. The van der Waals surface area contributed by atoms with Crippen molar-refractivity contribution in [2.75, 3.05) is 18.3 Å². The molecule has 1 atom stereocenters. The maximum absolute atomic E-state index is 12.3. The summed E-state index contributed by atoms with van der Waals surface area (Å²) in [6, 6.07) is 16.3. The largest absolute Gasteiger partial charge is 0.340 e. The summed E-state index contributed by atoms with van der Waals surface area (Å²) in [5, 5.41) is 8.82. The summed E-state index contributed by atoms with van der Waals surface area (Å²) in [4.78, 5) is 13.9. The van der Waals surface area contributed by atoms with Crippen LogP contribution < -0.4 is 4.72 Å². The molecule has 0 aromatic heterocycles. The molecule has 0 heterocycles. The van der Waals surface area contributed by atoms with Crippen molar-refractivity contribution in [3.05, 3.63) is 60.2 Å². The lowest BCUT2D eigenvalue weighted by Gasteiger charge is -2.18. The fraction of sp³-hybridized carbons (Fsp3) is 0.222. The molecule has 2 aromatic carbocycles. The molecule has 0 unspecified atom stereocenters. The van der Waals surface area contributed by atoms with Crippen LogP contribution in [0.4, 0.5) is 5.69 Å². The van der Waals surface area contributed by atoms with E-state index in [0.29, 0.717) is 17.8 Å². The number of nitrogens with zero attached hydrogens (tertiary/aromatic N) is 2. The van der Waals surface area contributed by atoms with Gasteiger partial charge in [-0.3, -0.25) is 9.52 Å². The number of carbonyl (C=O) groups is 1. The van der Waals surface area contributed by atoms with Gasteiger partial charge in [-0.05, 0) is 43.3 Å². The first kappa shape index (κ1) is 18.5. The minimum Gasteiger partial charge on any atom is -0.340 e. The lowest BCUT2D eigenvalue weighted by atomic mass is 10.1. The van der Waals surface area contributed by atoms with Gasteiger partial charge in [0.15, 0.2) is 0 Å². The van der Waals surface area contributed by atoms with E-state index in [2.05, 4.69) is 10.8 Å². The predicted molar refractivity (Wildman–Crippen MR) is 95.4 cm³/mol. The van der Waals surface area contributed by atoms with E-state index in [-0.39, 0.29) is 16.7 Å². The molecule has 0 fully saturated rings. The van der Waals surface area contributed by atoms with Gasteiger partial charge >= 0.3 is 0 Å². The van der Waals surface area contributed by atoms with Crippen LogP contribution in [0, 0.1) is 17.2 Å². The van der Waals surface area contributed by atoms with Crippen LogP contribution in [0.25, 0.3) is 0 Å². The van der Waals surface area contributed by atoms with Crippen LogP contribution in [-0.2, 0) is 10.0 Å². The number of sulfonamides is 1. The molecule has 1 amide bonds. The number of nitriles is 1. The van der Waals surface area contributed by atoms with Crippen molar-refractivity contribution in [2.45, 2.75) is 11.8 Å². The molecule has 0 saturated heterocycles. The van der Waals surface area contributed by atoms with Gasteiger partial charge in [-0.25, -0.2) is 8.42 Å². The normalized spacial score (nSPS) is 12.0. The van der Waals surface area contributed by atoms with Gasteiger partial charge < -0.3 is 4.90 Å². The van der Waals surface area contributed by atoms with Gasteiger partial charge in [-0.1, -0.05) is 18.2 Å². The Morgan fingerprint density at radius 3 is 2.32 bits per heavy atom. The minimum atomic E-state index is -3.66. The molecule has 130 valence electrons. The fourth-order valence-electron chi connectivity index (χ4n) is 2.25. The molecule has 2 aromatic rings. The van der Waals surface area contributed by atoms with Crippen LogP contribution >= 0.6 is 0 Å². The van der Waals surface area contributed by atoms with E-state index in [1.54, 1.807) is 44.3 Å². The Morgan fingerprint density at radius 2 is 1.76 bits per heavy atom. The highest BCUT2D eigenvalue weighted by Crippen LogP contribution is 2.17. The highest BCUT2D eigenvalue weighted by atomic mass is 32.2. The first-order chi connectivity index (χ1) is 11.8. The monoisotopic (exact) mass is 357 g/mol. The topological polar surface area (TPSA) is 90.3 Å². The first-order valence-corrected chi connectivity index (χ1v) is 9.15. The summed E-state index contributed by atoms with van der Waals surface area (Å²) in [5.41, 5.74) is 0.795. The number of hydrogen-bond donors (Lipinski definition) is 1. The highest BCUT2D eigenvalue weighted by Gasteiger charge is 2.16. The molecule has 1 N–H and O–H groups in total. The predicted octanol–water partition coefficient (Wildman–Crippen LogP) is 2.72. The van der Waals surface area contributed by atoms with Crippen LogP contribution in [0.15, 0.2) is 59.5 Å². The van der Waals surface area contributed by atoms with E-state index < -0.39 is 10.0 Å². The number of anilines is 1. The SMILES string of the molecule is C[C@H](C#N)CN(C)C(=O)c1ccc(NS(=O)(=O)c2ccccc2)cc1. The quantitative estimate of drug-likeness (QED) is 0.860. The van der Waals surface area contributed by atoms with Gasteiger partial charge in [0.05, 0.1) is 16.9 Å². The van der Waals surface area contributed by atoms with Crippen molar-refractivity contribution >= 4 is 21.6 Å². The van der Waals surface area contributed by atoms with Crippen molar-refractivity contribution in [2.24, 2.45) is 5.92 Å². The molecule has 0 aliphatic heterocycles. The zero-order valence-electron chi connectivity index (χ0n) is 14.0. The standard InChI is InChI=1S/C18H19N3O3S/c1-14(12-19)13-21(2)18(22)15-8-10-16(11-9-15)20-25(23,24)17-6-4-3-5-7-17/h3-11,14,20H,13H2,1-2H3/t14-/m1/s1. The van der Waals surface area contributed by atoms with Gasteiger partial charge in [0.2, 0.25) is 0 Å². The van der Waals surface area contributed by atoms with Gasteiger partial charge in [0.1, 0.15) is 0 Å². The number of rotatable bonds is 6. The van der Waals surface area contributed by atoms with E-state index in [1.807, 2.05) is 0 Å². The molecule has 0 spiro atoms. The second-order valence-electron chi connectivity index (χ2n) is 5.71. The maximum atomic E-state index is 12.3. The van der Waals surface area contributed by atoms with Crippen molar-refractivity contribution in [1.82, 2.24) is 4.90 Å². The van der Waals surface area contributed by atoms with E-state index in [0.717, 1.165) is 0 Å². The Labute approximate surface area is 147 Å². The Bertz CT molecular complexity index is 872. The van der Waals surface area contributed by atoms with Crippen molar-refractivity contribution < 1.29 is 13.2 Å². The second kappa shape index (κ2) is 7.81. The molecule has 0 radical (unpaired) electrons. The Balaban J connectivity index is 2.10. The number of nitrogens with one attached hydrogen (secondary N) is 1. The van der Waals surface area contributed by atoms with E-state index in [9.17, 15) is 13.2 Å². The van der Waals surface area contributed by atoms with Crippen LogP contribution in [0.3, 0.4) is 0 Å². The van der Waals surface area contributed by atoms with Gasteiger partial charge in [-0.15, -0.1) is 0 Å². The van der Waals surface area contributed by atoms with E-state index in [4.69, 9.17) is 5.26 Å². The van der Waals surface area contributed by atoms with Gasteiger partial charge in [0, 0.05) is 24.8 Å². The molecule has 0 bridgehead atoms. The number of benzene rings is 2. The average Bonchev–Trinajstić information content (AvgIpc) is 2.62. The van der Waals surface area contributed by atoms with Crippen LogP contribution in [-0.4, -0.2) is 32.8 Å². The zero-order chi connectivity index (χ0) is 18.4. The molecule has 0 aliphatic rings. The second-order valence-corrected chi connectivity index (χ2v) is 7.39. The summed E-state index contributed by atoms with van der Waals surface area (Å²) in [6.07, 6.45) is 0. The molecule has 6 nitrogen and oxygen atoms in total. The van der Waals surface area contributed by atoms with Gasteiger partial charge in [-0.2, -0.15) is 5.26 Å². The van der Waals surface area contributed by atoms with Crippen LogP contribution in [0.5, 0.6) is 0 Å². The molecule has 2 rings (SSSR count). The number of amides is 1. The molecular formula is C18H19N3O3S. The summed E-state index contributed by atoms with van der Waals surface area (Å²) in [7, 11) is -2.04. The summed E-state index contributed by atoms with van der Waals surface area (Å²) < 4.78 is 27.0. The minimum absolute atomic E-state index is 0.167. The smallest absolute Gasteiger partial charge is 0.261 e. The third-order valence-corrected chi connectivity index (χ3v) is 4.95. The zero-order valence-corrected chi connectivity index (χ0v) is 14.8. The number of carbonyl (C=O) groups excluding carboxylic acids is 1. The van der Waals surface area contributed by atoms with Gasteiger partial charge in [0.25, 0.3) is 15.9 Å². The summed E-state index contributed by atoms with van der Waals surface area (Å²) >= 11 is 0.